The molecule has 7 heteroatoms. The topological polar surface area (TPSA) is 81.8 Å². The summed E-state index contributed by atoms with van der Waals surface area (Å²) in [6.45, 7) is 2.06. The second-order valence-corrected chi connectivity index (χ2v) is 5.76. The van der Waals surface area contributed by atoms with E-state index in [1.54, 1.807) is 6.08 Å². The molecular formula is C18H13ClN2O4. The molecule has 1 heterocycles. The Bertz CT molecular complexity index is 917. The van der Waals surface area contributed by atoms with Crippen LogP contribution in [0.2, 0.25) is 5.02 Å². The van der Waals surface area contributed by atoms with Crippen molar-refractivity contribution in [2.45, 2.75) is 13.3 Å². The van der Waals surface area contributed by atoms with Gasteiger partial charge in [0.25, 0.3) is 5.69 Å². The molecule has 2 aromatic carbocycles. The minimum absolute atomic E-state index is 0.00505. The Labute approximate surface area is 148 Å². The highest BCUT2D eigenvalue weighted by molar-refractivity contribution is 6.32. The number of rotatable bonds is 4. The van der Waals surface area contributed by atoms with Gasteiger partial charge in [0.15, 0.2) is 5.70 Å². The maximum Gasteiger partial charge on any atom is 0.363 e. The van der Waals surface area contributed by atoms with Crippen molar-refractivity contribution in [1.82, 2.24) is 0 Å². The zero-order chi connectivity index (χ0) is 18.0. The first-order chi connectivity index (χ1) is 12.0. The van der Waals surface area contributed by atoms with Gasteiger partial charge < -0.3 is 4.74 Å². The molecule has 1 aliphatic heterocycles. The van der Waals surface area contributed by atoms with Gasteiger partial charge in [0, 0.05) is 11.6 Å². The molecule has 0 spiro atoms. The summed E-state index contributed by atoms with van der Waals surface area (Å²) < 4.78 is 5.13. The van der Waals surface area contributed by atoms with E-state index in [1.165, 1.54) is 23.8 Å². The second kappa shape index (κ2) is 6.86. The second-order valence-electron chi connectivity index (χ2n) is 5.35. The Hall–Kier alpha value is -2.99. The molecule has 3 rings (SSSR count). The van der Waals surface area contributed by atoms with Crippen LogP contribution in [0.25, 0.3) is 6.08 Å². The Morgan fingerprint density at radius 1 is 1.24 bits per heavy atom. The number of aliphatic imine (C=N–C) groups is 1. The van der Waals surface area contributed by atoms with Crippen LogP contribution in [-0.2, 0) is 16.0 Å². The van der Waals surface area contributed by atoms with Gasteiger partial charge in [-0.25, -0.2) is 9.79 Å². The number of hydrogen-bond acceptors (Lipinski definition) is 5. The first-order valence-electron chi connectivity index (χ1n) is 7.53. The van der Waals surface area contributed by atoms with Crippen LogP contribution in [0.1, 0.15) is 23.6 Å². The van der Waals surface area contributed by atoms with Crippen molar-refractivity contribution in [3.05, 3.63) is 80.0 Å². The van der Waals surface area contributed by atoms with Crippen molar-refractivity contribution in [2.75, 3.05) is 0 Å². The number of ether oxygens (including phenoxy) is 1. The predicted molar refractivity (Wildman–Crippen MR) is 94.5 cm³/mol. The summed E-state index contributed by atoms with van der Waals surface area (Å²) >= 11 is 5.79. The molecule has 2 aromatic rings. The molecule has 0 atom stereocenters. The smallest absolute Gasteiger partial charge is 0.363 e. The van der Waals surface area contributed by atoms with Gasteiger partial charge in [-0.3, -0.25) is 10.1 Å². The molecule has 1 aliphatic rings. The summed E-state index contributed by atoms with van der Waals surface area (Å²) in [5.74, 6) is -0.589. The van der Waals surface area contributed by atoms with E-state index in [0.29, 0.717) is 5.56 Å². The monoisotopic (exact) mass is 356 g/mol. The lowest BCUT2D eigenvalue weighted by Gasteiger charge is -2.00. The molecule has 6 nitrogen and oxygen atoms in total. The maximum atomic E-state index is 12.0. The van der Waals surface area contributed by atoms with Crippen LogP contribution in [-0.4, -0.2) is 16.8 Å². The summed E-state index contributed by atoms with van der Waals surface area (Å²) in [5, 5.41) is 11.0. The summed E-state index contributed by atoms with van der Waals surface area (Å²) in [7, 11) is 0. The van der Waals surface area contributed by atoms with E-state index in [1.807, 2.05) is 24.3 Å². The van der Waals surface area contributed by atoms with Gasteiger partial charge in [0.05, 0.1) is 4.92 Å². The molecule has 0 saturated carbocycles. The van der Waals surface area contributed by atoms with Crippen molar-refractivity contribution < 1.29 is 14.5 Å². The number of aryl methyl sites for hydroxylation is 1. The lowest BCUT2D eigenvalue weighted by molar-refractivity contribution is -0.384. The quantitative estimate of drug-likeness (QED) is 0.356. The SMILES string of the molecule is CCc1ccc(/C=C2\N=C(c3ccc(Cl)c([N+](=O)[O-])c3)OC2=O)cc1. The van der Waals surface area contributed by atoms with E-state index < -0.39 is 10.9 Å². The summed E-state index contributed by atoms with van der Waals surface area (Å²) in [6, 6.07) is 11.8. The Kier molecular flexibility index (Phi) is 4.63. The van der Waals surface area contributed by atoms with E-state index in [2.05, 4.69) is 11.9 Å². The summed E-state index contributed by atoms with van der Waals surface area (Å²) in [5.41, 5.74) is 2.18. The van der Waals surface area contributed by atoms with Crippen molar-refractivity contribution in [1.29, 1.82) is 0 Å². The number of cyclic esters (lactones) is 1. The third kappa shape index (κ3) is 3.59. The van der Waals surface area contributed by atoms with Gasteiger partial charge in [-0.05, 0) is 35.8 Å². The highest BCUT2D eigenvalue weighted by Gasteiger charge is 2.26. The van der Waals surface area contributed by atoms with Crippen molar-refractivity contribution >= 4 is 35.2 Å². The van der Waals surface area contributed by atoms with Crippen LogP contribution in [0.15, 0.2) is 53.2 Å². The molecule has 0 aliphatic carbocycles. The zero-order valence-corrected chi connectivity index (χ0v) is 14.0. The average molecular weight is 357 g/mol. The van der Waals surface area contributed by atoms with Crippen LogP contribution in [0.4, 0.5) is 5.69 Å². The minimum atomic E-state index is -0.604. The molecule has 0 saturated heterocycles. The highest BCUT2D eigenvalue weighted by Crippen LogP contribution is 2.27. The van der Waals surface area contributed by atoms with Gasteiger partial charge in [-0.2, -0.15) is 0 Å². The van der Waals surface area contributed by atoms with Crippen LogP contribution < -0.4 is 0 Å². The molecule has 0 unspecified atom stereocenters. The van der Waals surface area contributed by atoms with Crippen LogP contribution in [0.3, 0.4) is 0 Å². The van der Waals surface area contributed by atoms with E-state index >= 15 is 0 Å². The van der Waals surface area contributed by atoms with Crippen LogP contribution in [0, 0.1) is 10.1 Å². The summed E-state index contributed by atoms with van der Waals surface area (Å²) in [4.78, 5) is 26.5. The molecule has 126 valence electrons. The fourth-order valence-corrected chi connectivity index (χ4v) is 2.51. The van der Waals surface area contributed by atoms with Crippen molar-refractivity contribution in [3.8, 4) is 0 Å². The van der Waals surface area contributed by atoms with Crippen LogP contribution in [0.5, 0.6) is 0 Å². The molecule has 0 bridgehead atoms. The number of halogens is 1. The molecular weight excluding hydrogens is 344 g/mol. The Morgan fingerprint density at radius 2 is 1.96 bits per heavy atom. The molecule has 0 aromatic heterocycles. The third-order valence-corrected chi connectivity index (χ3v) is 4.02. The van der Waals surface area contributed by atoms with Crippen molar-refractivity contribution in [3.63, 3.8) is 0 Å². The van der Waals surface area contributed by atoms with Gasteiger partial charge in [-0.1, -0.05) is 42.8 Å². The largest absolute Gasteiger partial charge is 0.402 e. The number of esters is 1. The van der Waals surface area contributed by atoms with Gasteiger partial charge in [0.2, 0.25) is 5.90 Å². The number of nitrogens with zero attached hydrogens (tertiary/aromatic N) is 2. The molecule has 0 amide bonds. The number of carbonyl (C=O) groups is 1. The predicted octanol–water partition coefficient (Wildman–Crippen LogP) is 4.16. The lowest BCUT2D eigenvalue weighted by Crippen LogP contribution is -2.06. The first kappa shape index (κ1) is 16.9. The number of nitro benzene ring substituents is 1. The number of hydrogen-bond donors (Lipinski definition) is 0. The normalized spacial score (nSPS) is 15.2. The first-order valence-corrected chi connectivity index (χ1v) is 7.91. The Balaban J connectivity index is 1.93. The van der Waals surface area contributed by atoms with Crippen LogP contribution >= 0.6 is 11.6 Å². The van der Waals surface area contributed by atoms with E-state index in [0.717, 1.165) is 12.0 Å². The number of carbonyl (C=O) groups excluding carboxylic acids is 1. The standard InChI is InChI=1S/C18H13ClN2O4/c1-2-11-3-5-12(6-4-11)9-15-18(22)25-17(20-15)13-7-8-14(19)16(10-13)21(23)24/h3-10H,2H2,1H3/b15-9-. The summed E-state index contributed by atoms with van der Waals surface area (Å²) in [6.07, 6.45) is 2.54. The minimum Gasteiger partial charge on any atom is -0.402 e. The molecule has 0 radical (unpaired) electrons. The van der Waals surface area contributed by atoms with E-state index in [4.69, 9.17) is 16.3 Å². The molecule has 0 N–H and O–H groups in total. The van der Waals surface area contributed by atoms with Gasteiger partial charge in [0.1, 0.15) is 5.02 Å². The number of benzene rings is 2. The van der Waals surface area contributed by atoms with E-state index in [9.17, 15) is 14.9 Å². The van der Waals surface area contributed by atoms with Gasteiger partial charge >= 0.3 is 5.97 Å². The Morgan fingerprint density at radius 3 is 2.60 bits per heavy atom. The number of nitro groups is 1. The lowest BCUT2D eigenvalue weighted by atomic mass is 10.1. The van der Waals surface area contributed by atoms with Gasteiger partial charge in [-0.15, -0.1) is 0 Å². The average Bonchev–Trinajstić information content (AvgIpc) is 2.96. The van der Waals surface area contributed by atoms with Crippen molar-refractivity contribution in [2.24, 2.45) is 4.99 Å². The third-order valence-electron chi connectivity index (χ3n) is 3.70. The molecule has 0 fully saturated rings. The fourth-order valence-electron chi connectivity index (χ4n) is 2.33. The van der Waals surface area contributed by atoms with E-state index in [-0.39, 0.29) is 22.3 Å². The molecule has 25 heavy (non-hydrogen) atoms. The maximum absolute atomic E-state index is 12.0. The highest BCUT2D eigenvalue weighted by atomic mass is 35.5. The fraction of sp³-hybridized carbons (Fsp3) is 0.111. The zero-order valence-electron chi connectivity index (χ0n) is 13.2.